The molecule has 0 radical (unpaired) electrons. The molecule has 0 aliphatic rings. The van der Waals surface area contributed by atoms with Gasteiger partial charge in [-0.2, -0.15) is 0 Å². The second-order valence-corrected chi connectivity index (χ2v) is 5.38. The van der Waals surface area contributed by atoms with Gasteiger partial charge in [0.25, 0.3) is 0 Å². The molecule has 1 aromatic carbocycles. The number of para-hydroxylation sites is 1. The molecule has 0 aliphatic carbocycles. The number of hydrogen-bond acceptors (Lipinski definition) is 5. The molecule has 1 rings (SSSR count). The average molecular weight is 359 g/mol. The Hall–Kier alpha value is -1.79. The Labute approximate surface area is 149 Å². The molecule has 1 aromatic rings. The number of carbonyl (C=O) groups excluding carboxylic acids is 2. The first kappa shape index (κ1) is 22.2. The smallest absolute Gasteiger partial charge is 0.310 e. The maximum atomic E-state index is 12.0. The van der Waals surface area contributed by atoms with Crippen molar-refractivity contribution < 1.29 is 19.1 Å². The van der Waals surface area contributed by atoms with E-state index in [1.54, 1.807) is 7.11 Å². The van der Waals surface area contributed by atoms with Gasteiger partial charge in [-0.05, 0) is 24.5 Å². The number of rotatable bonds is 9. The van der Waals surface area contributed by atoms with Crippen LogP contribution >= 0.6 is 12.4 Å². The molecule has 0 aliphatic heterocycles. The summed E-state index contributed by atoms with van der Waals surface area (Å²) in [6, 6.07) is 6.91. The van der Waals surface area contributed by atoms with Crippen LogP contribution in [0.4, 0.5) is 0 Å². The Morgan fingerprint density at radius 3 is 2.50 bits per heavy atom. The van der Waals surface area contributed by atoms with E-state index in [2.05, 4.69) is 5.32 Å². The van der Waals surface area contributed by atoms with Gasteiger partial charge in [-0.15, -0.1) is 12.4 Å². The summed E-state index contributed by atoms with van der Waals surface area (Å²) < 4.78 is 10.1. The van der Waals surface area contributed by atoms with Crippen molar-refractivity contribution in [2.75, 3.05) is 20.8 Å². The molecule has 1 amide bonds. The van der Waals surface area contributed by atoms with Gasteiger partial charge in [0.05, 0.1) is 26.2 Å². The first-order valence-electron chi connectivity index (χ1n) is 7.76. The van der Waals surface area contributed by atoms with Crippen LogP contribution in [0.25, 0.3) is 0 Å². The van der Waals surface area contributed by atoms with Crippen molar-refractivity contribution in [3.63, 3.8) is 0 Å². The summed E-state index contributed by atoms with van der Waals surface area (Å²) in [5, 5.41) is 2.73. The van der Waals surface area contributed by atoms with Crippen LogP contribution in [-0.4, -0.2) is 38.7 Å². The second-order valence-electron chi connectivity index (χ2n) is 5.38. The van der Waals surface area contributed by atoms with Gasteiger partial charge >= 0.3 is 5.97 Å². The van der Waals surface area contributed by atoms with Crippen LogP contribution < -0.4 is 15.8 Å². The number of amides is 1. The fourth-order valence-electron chi connectivity index (χ4n) is 2.34. The van der Waals surface area contributed by atoms with E-state index in [1.807, 2.05) is 31.2 Å². The normalized spacial score (nSPS) is 12.5. The highest BCUT2D eigenvalue weighted by molar-refractivity contribution is 5.85. The zero-order valence-corrected chi connectivity index (χ0v) is 15.2. The van der Waals surface area contributed by atoms with E-state index in [-0.39, 0.29) is 30.8 Å². The quantitative estimate of drug-likeness (QED) is 0.655. The lowest BCUT2D eigenvalue weighted by Gasteiger charge is -2.18. The lowest BCUT2D eigenvalue weighted by Crippen LogP contribution is -2.43. The lowest BCUT2D eigenvalue weighted by atomic mass is 9.98. The Morgan fingerprint density at radius 2 is 1.92 bits per heavy atom. The van der Waals surface area contributed by atoms with Crippen LogP contribution in [0.3, 0.4) is 0 Å². The van der Waals surface area contributed by atoms with Gasteiger partial charge in [0.15, 0.2) is 0 Å². The van der Waals surface area contributed by atoms with Crippen LogP contribution in [0, 0.1) is 5.92 Å². The molecule has 3 N–H and O–H groups in total. The fraction of sp³-hybridized carbons (Fsp3) is 0.529. The fourth-order valence-corrected chi connectivity index (χ4v) is 2.34. The number of ether oxygens (including phenoxy) is 2. The zero-order chi connectivity index (χ0) is 17.2. The molecule has 0 spiro atoms. The minimum Gasteiger partial charge on any atom is -0.496 e. The zero-order valence-electron chi connectivity index (χ0n) is 14.4. The number of methoxy groups -OCH3 is 2. The maximum absolute atomic E-state index is 12.0. The molecule has 0 saturated heterocycles. The van der Waals surface area contributed by atoms with Gasteiger partial charge in [-0.3, -0.25) is 9.59 Å². The number of nitrogens with one attached hydrogen (secondary N) is 1. The van der Waals surface area contributed by atoms with E-state index in [4.69, 9.17) is 15.2 Å². The number of esters is 1. The Kier molecular flexibility index (Phi) is 10.8. The van der Waals surface area contributed by atoms with Gasteiger partial charge in [-0.25, -0.2) is 0 Å². The molecule has 2 atom stereocenters. The second kappa shape index (κ2) is 11.7. The van der Waals surface area contributed by atoms with Crippen molar-refractivity contribution >= 4 is 24.3 Å². The summed E-state index contributed by atoms with van der Waals surface area (Å²) in [6.07, 6.45) is 1.86. The standard InChI is InChI=1S/C17H26N2O4.ClH/c1-4-7-14(18)16(20)19-11-13(17(21)23-3)10-12-8-5-6-9-15(12)22-2;/h5-6,8-9,13-14H,4,7,10-11,18H2,1-3H3,(H,19,20);1H. The van der Waals surface area contributed by atoms with E-state index < -0.39 is 12.0 Å². The van der Waals surface area contributed by atoms with E-state index in [1.165, 1.54) is 7.11 Å². The minimum atomic E-state index is -0.551. The Bertz CT molecular complexity index is 525. The number of hydrogen-bond donors (Lipinski definition) is 2. The van der Waals surface area contributed by atoms with Crippen LogP contribution in [0.15, 0.2) is 24.3 Å². The van der Waals surface area contributed by atoms with Crippen molar-refractivity contribution in [3.8, 4) is 5.75 Å². The van der Waals surface area contributed by atoms with Gasteiger partial charge < -0.3 is 20.5 Å². The van der Waals surface area contributed by atoms with Crippen molar-refractivity contribution in [1.82, 2.24) is 5.32 Å². The average Bonchev–Trinajstić information content (AvgIpc) is 2.57. The molecular formula is C17H27ClN2O4. The van der Waals surface area contributed by atoms with E-state index in [0.29, 0.717) is 18.6 Å². The monoisotopic (exact) mass is 358 g/mol. The van der Waals surface area contributed by atoms with Crippen molar-refractivity contribution in [3.05, 3.63) is 29.8 Å². The number of halogens is 1. The summed E-state index contributed by atoms with van der Waals surface area (Å²) in [4.78, 5) is 23.9. The van der Waals surface area contributed by atoms with Crippen molar-refractivity contribution in [2.45, 2.75) is 32.2 Å². The predicted molar refractivity (Wildman–Crippen MR) is 95.3 cm³/mol. The van der Waals surface area contributed by atoms with E-state index in [9.17, 15) is 9.59 Å². The highest BCUT2D eigenvalue weighted by Crippen LogP contribution is 2.21. The minimum absolute atomic E-state index is 0. The third kappa shape index (κ3) is 6.76. The van der Waals surface area contributed by atoms with Gasteiger partial charge in [0, 0.05) is 6.54 Å². The molecule has 0 bridgehead atoms. The van der Waals surface area contributed by atoms with Crippen LogP contribution in [0.2, 0.25) is 0 Å². The summed E-state index contributed by atoms with van der Waals surface area (Å²) in [5.41, 5.74) is 6.66. The predicted octanol–water partition coefficient (Wildman–Crippen LogP) is 1.69. The third-order valence-electron chi connectivity index (χ3n) is 3.65. The molecule has 0 heterocycles. The molecule has 0 saturated carbocycles. The molecule has 136 valence electrons. The van der Waals surface area contributed by atoms with Crippen LogP contribution in [0.1, 0.15) is 25.3 Å². The Morgan fingerprint density at radius 1 is 1.25 bits per heavy atom. The Balaban J connectivity index is 0.00000529. The molecule has 24 heavy (non-hydrogen) atoms. The van der Waals surface area contributed by atoms with Crippen LogP contribution in [0.5, 0.6) is 5.75 Å². The molecule has 2 unspecified atom stereocenters. The van der Waals surface area contributed by atoms with Crippen molar-refractivity contribution in [1.29, 1.82) is 0 Å². The summed E-state index contributed by atoms with van der Waals surface area (Å²) in [5.74, 6) is -0.412. The topological polar surface area (TPSA) is 90.7 Å². The molecule has 0 fully saturated rings. The molecule has 0 aromatic heterocycles. The van der Waals surface area contributed by atoms with Gasteiger partial charge in [-0.1, -0.05) is 31.5 Å². The van der Waals surface area contributed by atoms with E-state index >= 15 is 0 Å². The summed E-state index contributed by atoms with van der Waals surface area (Å²) >= 11 is 0. The van der Waals surface area contributed by atoms with Gasteiger partial charge in [0.2, 0.25) is 5.91 Å². The lowest BCUT2D eigenvalue weighted by molar-refractivity contribution is -0.145. The SMILES string of the molecule is CCCC(N)C(=O)NCC(Cc1ccccc1OC)C(=O)OC.Cl. The first-order chi connectivity index (χ1) is 11.0. The highest BCUT2D eigenvalue weighted by Gasteiger charge is 2.23. The largest absolute Gasteiger partial charge is 0.496 e. The van der Waals surface area contributed by atoms with Crippen molar-refractivity contribution in [2.24, 2.45) is 11.7 Å². The van der Waals surface area contributed by atoms with Crippen LogP contribution in [-0.2, 0) is 20.7 Å². The first-order valence-corrected chi connectivity index (χ1v) is 7.76. The molecule has 7 heteroatoms. The van der Waals surface area contributed by atoms with Gasteiger partial charge in [0.1, 0.15) is 5.75 Å². The number of nitrogens with two attached hydrogens (primary N) is 1. The third-order valence-corrected chi connectivity index (χ3v) is 3.65. The highest BCUT2D eigenvalue weighted by atomic mass is 35.5. The van der Waals surface area contributed by atoms with E-state index in [0.717, 1.165) is 12.0 Å². The summed E-state index contributed by atoms with van der Waals surface area (Å²) in [7, 11) is 2.92. The molecule has 6 nitrogen and oxygen atoms in total. The molecular weight excluding hydrogens is 332 g/mol. The summed E-state index contributed by atoms with van der Waals surface area (Å²) in [6.45, 7) is 2.15. The maximum Gasteiger partial charge on any atom is 0.310 e. The number of benzene rings is 1. The number of carbonyl (C=O) groups is 2.